The van der Waals surface area contributed by atoms with Crippen molar-refractivity contribution >= 4 is 21.7 Å². The Labute approximate surface area is 149 Å². The number of nitrogens with zero attached hydrogens (tertiary/aromatic N) is 1. The molecule has 6 nitrogen and oxygen atoms in total. The summed E-state index contributed by atoms with van der Waals surface area (Å²) in [6, 6.07) is 4.52. The van der Waals surface area contributed by atoms with Gasteiger partial charge in [-0.05, 0) is 50.3 Å². The maximum atomic E-state index is 12.4. The lowest BCUT2D eigenvalue weighted by Crippen LogP contribution is -2.45. The lowest BCUT2D eigenvalue weighted by atomic mass is 10.00. The van der Waals surface area contributed by atoms with E-state index in [9.17, 15) is 18.0 Å². The first-order chi connectivity index (χ1) is 11.7. The Morgan fingerprint density at radius 3 is 2.64 bits per heavy atom. The van der Waals surface area contributed by atoms with Crippen molar-refractivity contribution in [1.82, 2.24) is 4.90 Å². The van der Waals surface area contributed by atoms with Gasteiger partial charge in [-0.2, -0.15) is 0 Å². The Morgan fingerprint density at radius 2 is 2.00 bits per heavy atom. The average molecular weight is 367 g/mol. The van der Waals surface area contributed by atoms with Crippen molar-refractivity contribution in [2.24, 2.45) is 0 Å². The summed E-state index contributed by atoms with van der Waals surface area (Å²) in [5.41, 5.74) is 0.774. The van der Waals surface area contributed by atoms with Crippen LogP contribution in [0.5, 0.6) is 0 Å². The molecule has 1 heterocycles. The Kier molecular flexibility index (Phi) is 6.21. The number of aryl methyl sites for hydroxylation is 1. The highest BCUT2D eigenvalue weighted by atomic mass is 32.2. The summed E-state index contributed by atoms with van der Waals surface area (Å²) in [5, 5.41) is 0. The number of likely N-dealkylation sites (tertiary alicyclic amines) is 1. The molecule has 1 aromatic rings. The van der Waals surface area contributed by atoms with Gasteiger partial charge in [0.05, 0.1) is 10.5 Å². The predicted molar refractivity (Wildman–Crippen MR) is 94.2 cm³/mol. The molecule has 2 rings (SSSR count). The maximum Gasteiger partial charge on any atom is 0.338 e. The van der Waals surface area contributed by atoms with Crippen LogP contribution in [-0.4, -0.2) is 50.6 Å². The number of carbonyl (C=O) groups is 2. The van der Waals surface area contributed by atoms with Crippen LogP contribution in [0.25, 0.3) is 0 Å². The summed E-state index contributed by atoms with van der Waals surface area (Å²) >= 11 is 0. The molecule has 7 heteroatoms. The topological polar surface area (TPSA) is 80.8 Å². The number of benzene rings is 1. The van der Waals surface area contributed by atoms with E-state index >= 15 is 0 Å². The fraction of sp³-hybridized carbons (Fsp3) is 0.556. The number of hydrogen-bond acceptors (Lipinski definition) is 5. The molecule has 25 heavy (non-hydrogen) atoms. The van der Waals surface area contributed by atoms with Crippen molar-refractivity contribution in [1.29, 1.82) is 0 Å². The number of ether oxygens (including phenoxy) is 1. The van der Waals surface area contributed by atoms with E-state index in [1.165, 1.54) is 12.1 Å². The fourth-order valence-electron chi connectivity index (χ4n) is 3.09. The van der Waals surface area contributed by atoms with Gasteiger partial charge in [-0.1, -0.05) is 13.0 Å². The van der Waals surface area contributed by atoms with Gasteiger partial charge < -0.3 is 9.64 Å². The van der Waals surface area contributed by atoms with Crippen molar-refractivity contribution in [2.45, 2.75) is 50.5 Å². The number of piperidine rings is 1. The zero-order valence-corrected chi connectivity index (χ0v) is 15.8. The summed E-state index contributed by atoms with van der Waals surface area (Å²) in [7, 11) is -3.42. The molecule has 0 N–H and O–H groups in total. The molecule has 0 aromatic heterocycles. The van der Waals surface area contributed by atoms with Gasteiger partial charge in [0.15, 0.2) is 16.4 Å². The van der Waals surface area contributed by atoms with Gasteiger partial charge >= 0.3 is 5.97 Å². The molecule has 0 unspecified atom stereocenters. The number of sulfone groups is 1. The van der Waals surface area contributed by atoms with E-state index in [0.29, 0.717) is 12.1 Å². The molecule has 0 radical (unpaired) electrons. The third kappa shape index (κ3) is 4.81. The minimum Gasteiger partial charge on any atom is -0.452 e. The summed E-state index contributed by atoms with van der Waals surface area (Å²) in [6.45, 7) is 4.11. The minimum absolute atomic E-state index is 0.0541. The summed E-state index contributed by atoms with van der Waals surface area (Å²) in [6.07, 6.45) is 5.02. The molecule has 1 fully saturated rings. The van der Waals surface area contributed by atoms with Crippen LogP contribution in [0.15, 0.2) is 23.1 Å². The monoisotopic (exact) mass is 367 g/mol. The van der Waals surface area contributed by atoms with Crippen LogP contribution >= 0.6 is 0 Å². The lowest BCUT2D eigenvalue weighted by molar-refractivity contribution is -0.138. The second kappa shape index (κ2) is 7.99. The van der Waals surface area contributed by atoms with E-state index in [2.05, 4.69) is 0 Å². The van der Waals surface area contributed by atoms with Crippen molar-refractivity contribution in [2.75, 3.05) is 19.4 Å². The lowest BCUT2D eigenvalue weighted by Gasteiger charge is -2.35. The van der Waals surface area contributed by atoms with Gasteiger partial charge in [0, 0.05) is 18.8 Å². The van der Waals surface area contributed by atoms with Crippen LogP contribution in [0.4, 0.5) is 0 Å². The normalized spacial score (nSPS) is 18.0. The van der Waals surface area contributed by atoms with Crippen LogP contribution in [0.2, 0.25) is 0 Å². The van der Waals surface area contributed by atoms with Gasteiger partial charge in [-0.3, -0.25) is 4.79 Å². The number of amides is 1. The Bertz CT molecular complexity index is 757. The molecule has 1 atom stereocenters. The molecule has 0 saturated carbocycles. The Hall–Kier alpha value is -1.89. The van der Waals surface area contributed by atoms with E-state index in [0.717, 1.165) is 31.9 Å². The van der Waals surface area contributed by atoms with Crippen LogP contribution in [0.1, 0.15) is 48.5 Å². The van der Waals surface area contributed by atoms with Crippen molar-refractivity contribution in [3.8, 4) is 0 Å². The SMILES string of the molecule is CC[C@H]1CCCCN1C(=O)COC(=O)c1cc(S(C)(=O)=O)ccc1C. The Balaban J connectivity index is 2.06. The second-order valence-corrected chi connectivity index (χ2v) is 8.49. The molecule has 1 aromatic carbocycles. The van der Waals surface area contributed by atoms with Gasteiger partial charge in [-0.25, -0.2) is 13.2 Å². The number of rotatable bonds is 5. The highest BCUT2D eigenvalue weighted by Gasteiger charge is 2.26. The van der Waals surface area contributed by atoms with Gasteiger partial charge in [0.25, 0.3) is 5.91 Å². The molecule has 1 aliphatic heterocycles. The largest absolute Gasteiger partial charge is 0.452 e. The van der Waals surface area contributed by atoms with Crippen molar-refractivity contribution in [3.05, 3.63) is 29.3 Å². The standard InChI is InChI=1S/C18H25NO5S/c1-4-14-7-5-6-10-19(14)17(20)12-24-18(21)16-11-15(25(3,22)23)9-8-13(16)2/h8-9,11,14H,4-7,10,12H2,1-3H3/t14-/m0/s1. The van der Waals surface area contributed by atoms with Crippen molar-refractivity contribution < 1.29 is 22.7 Å². The summed E-state index contributed by atoms with van der Waals surface area (Å²) in [4.78, 5) is 26.5. The van der Waals surface area contributed by atoms with Gasteiger partial charge in [-0.15, -0.1) is 0 Å². The smallest absolute Gasteiger partial charge is 0.338 e. The maximum absolute atomic E-state index is 12.4. The highest BCUT2D eigenvalue weighted by Crippen LogP contribution is 2.20. The fourth-order valence-corrected chi connectivity index (χ4v) is 3.74. The predicted octanol–water partition coefficient (Wildman–Crippen LogP) is 2.35. The molecule has 0 aliphatic carbocycles. The zero-order chi connectivity index (χ0) is 18.6. The molecule has 1 aliphatic rings. The first-order valence-electron chi connectivity index (χ1n) is 8.51. The molecule has 0 bridgehead atoms. The first kappa shape index (κ1) is 19.4. The van der Waals surface area contributed by atoms with E-state index in [-0.39, 0.29) is 29.0 Å². The van der Waals surface area contributed by atoms with Gasteiger partial charge in [0.1, 0.15) is 0 Å². The molecule has 0 spiro atoms. The third-order valence-electron chi connectivity index (χ3n) is 4.60. The number of carbonyl (C=O) groups excluding carboxylic acids is 2. The minimum atomic E-state index is -3.42. The molecule has 1 saturated heterocycles. The molecule has 1 amide bonds. The second-order valence-electron chi connectivity index (χ2n) is 6.47. The van der Waals surface area contributed by atoms with Crippen LogP contribution < -0.4 is 0 Å². The number of esters is 1. The van der Waals surface area contributed by atoms with Gasteiger partial charge in [0.2, 0.25) is 0 Å². The number of hydrogen-bond donors (Lipinski definition) is 0. The Morgan fingerprint density at radius 1 is 1.28 bits per heavy atom. The summed E-state index contributed by atoms with van der Waals surface area (Å²) < 4.78 is 28.5. The van der Waals surface area contributed by atoms with E-state index < -0.39 is 15.8 Å². The van der Waals surface area contributed by atoms with Crippen LogP contribution in [-0.2, 0) is 19.4 Å². The van der Waals surface area contributed by atoms with E-state index in [1.54, 1.807) is 17.9 Å². The quantitative estimate of drug-likeness (QED) is 0.746. The highest BCUT2D eigenvalue weighted by molar-refractivity contribution is 7.90. The van der Waals surface area contributed by atoms with Crippen LogP contribution in [0.3, 0.4) is 0 Å². The van der Waals surface area contributed by atoms with E-state index in [1.807, 2.05) is 6.92 Å². The zero-order valence-electron chi connectivity index (χ0n) is 14.9. The molecular weight excluding hydrogens is 342 g/mol. The molecular formula is C18H25NO5S. The summed E-state index contributed by atoms with van der Waals surface area (Å²) in [5.74, 6) is -0.877. The third-order valence-corrected chi connectivity index (χ3v) is 5.71. The van der Waals surface area contributed by atoms with Crippen molar-refractivity contribution in [3.63, 3.8) is 0 Å². The molecule has 138 valence electrons. The van der Waals surface area contributed by atoms with E-state index in [4.69, 9.17) is 4.74 Å². The first-order valence-corrected chi connectivity index (χ1v) is 10.4. The average Bonchev–Trinajstić information content (AvgIpc) is 2.58. The van der Waals surface area contributed by atoms with Crippen LogP contribution in [0, 0.1) is 6.92 Å².